The Morgan fingerprint density at radius 3 is 2.63 bits per heavy atom. The van der Waals surface area contributed by atoms with Gasteiger partial charge in [0.2, 0.25) is 0 Å². The Hall–Kier alpha value is -3.68. The van der Waals surface area contributed by atoms with Crippen LogP contribution in [0.5, 0.6) is 0 Å². The van der Waals surface area contributed by atoms with E-state index in [0.717, 1.165) is 16.3 Å². The van der Waals surface area contributed by atoms with Crippen LogP contribution >= 0.6 is 0 Å². The minimum atomic E-state index is -0.420. The molecule has 0 unspecified atom stereocenters. The summed E-state index contributed by atoms with van der Waals surface area (Å²) in [5.74, 6) is 0.338. The van der Waals surface area contributed by atoms with Crippen molar-refractivity contribution in [3.8, 4) is 0 Å². The molecule has 154 valence electrons. The molecule has 0 aliphatic carbocycles. The molecule has 4 aromatic rings. The Bertz CT molecular complexity index is 1440. The van der Waals surface area contributed by atoms with Gasteiger partial charge in [-0.1, -0.05) is 35.5 Å². The minimum Gasteiger partial charge on any atom is -0.411 e. The maximum atomic E-state index is 13.3. The van der Waals surface area contributed by atoms with Crippen LogP contribution in [0.2, 0.25) is 0 Å². The van der Waals surface area contributed by atoms with Crippen LogP contribution in [-0.2, 0) is 20.1 Å². The third-order valence-corrected chi connectivity index (χ3v) is 5.54. The Balaban J connectivity index is 1.94. The van der Waals surface area contributed by atoms with E-state index in [1.54, 1.807) is 18.5 Å². The minimum absolute atomic E-state index is 0.158. The number of benzene rings is 2. The van der Waals surface area contributed by atoms with Crippen molar-refractivity contribution in [2.75, 3.05) is 0 Å². The summed E-state index contributed by atoms with van der Waals surface area (Å²) in [5.41, 5.74) is 2.06. The van der Waals surface area contributed by atoms with Crippen LogP contribution in [0.25, 0.3) is 21.9 Å². The van der Waals surface area contributed by atoms with E-state index in [0.29, 0.717) is 23.5 Å². The van der Waals surface area contributed by atoms with E-state index in [1.807, 2.05) is 37.3 Å². The molecular formula is C22H23N5O3. The molecule has 30 heavy (non-hydrogen) atoms. The molecule has 8 heteroatoms. The van der Waals surface area contributed by atoms with Crippen LogP contribution in [0.15, 0.2) is 51.1 Å². The van der Waals surface area contributed by atoms with E-state index in [2.05, 4.69) is 23.1 Å². The van der Waals surface area contributed by atoms with Crippen molar-refractivity contribution in [2.45, 2.75) is 33.9 Å². The van der Waals surface area contributed by atoms with Gasteiger partial charge in [0.1, 0.15) is 5.71 Å². The van der Waals surface area contributed by atoms with Crippen LogP contribution in [-0.4, -0.2) is 29.6 Å². The summed E-state index contributed by atoms with van der Waals surface area (Å²) in [5, 5.41) is 14.5. The highest BCUT2D eigenvalue weighted by Crippen LogP contribution is 2.20. The fourth-order valence-corrected chi connectivity index (χ4v) is 3.93. The summed E-state index contributed by atoms with van der Waals surface area (Å²) in [6.07, 6.45) is 0. The van der Waals surface area contributed by atoms with Crippen LogP contribution in [0.3, 0.4) is 0 Å². The number of aryl methyl sites for hydroxylation is 3. The first-order valence-corrected chi connectivity index (χ1v) is 9.74. The van der Waals surface area contributed by atoms with Crippen molar-refractivity contribution in [3.63, 3.8) is 0 Å². The Morgan fingerprint density at radius 1 is 1.17 bits per heavy atom. The predicted octanol–water partition coefficient (Wildman–Crippen LogP) is 2.62. The van der Waals surface area contributed by atoms with E-state index in [-0.39, 0.29) is 12.3 Å². The van der Waals surface area contributed by atoms with Crippen LogP contribution < -0.4 is 11.2 Å². The smallest absolute Gasteiger partial charge is 0.333 e. The zero-order chi connectivity index (χ0) is 21.6. The van der Waals surface area contributed by atoms with Crippen molar-refractivity contribution in [3.05, 3.63) is 74.2 Å². The zero-order valence-electron chi connectivity index (χ0n) is 17.4. The summed E-state index contributed by atoms with van der Waals surface area (Å²) in [4.78, 5) is 30.8. The largest absolute Gasteiger partial charge is 0.411 e. The number of aromatic nitrogens is 4. The molecule has 0 saturated heterocycles. The lowest BCUT2D eigenvalue weighted by Crippen LogP contribution is -2.40. The number of oxime groups is 1. The molecule has 0 aliphatic rings. The molecule has 4 rings (SSSR count). The molecule has 8 nitrogen and oxygen atoms in total. The molecule has 0 amide bonds. The molecule has 0 atom stereocenters. The highest BCUT2D eigenvalue weighted by Gasteiger charge is 2.21. The van der Waals surface area contributed by atoms with Crippen LogP contribution in [0.1, 0.15) is 30.8 Å². The van der Waals surface area contributed by atoms with Gasteiger partial charge < -0.3 is 9.77 Å². The summed E-state index contributed by atoms with van der Waals surface area (Å²) in [7, 11) is 1.67. The highest BCUT2D eigenvalue weighted by molar-refractivity contribution is 5.97. The van der Waals surface area contributed by atoms with E-state index in [1.165, 1.54) is 14.7 Å². The zero-order valence-corrected chi connectivity index (χ0v) is 17.4. The molecule has 2 aromatic heterocycles. The molecule has 1 N–H and O–H groups in total. The van der Waals surface area contributed by atoms with Crippen LogP contribution in [0, 0.1) is 6.92 Å². The third-order valence-electron chi connectivity index (χ3n) is 5.54. The van der Waals surface area contributed by atoms with E-state index in [4.69, 9.17) is 5.21 Å². The lowest BCUT2D eigenvalue weighted by atomic mass is 10.0. The number of imidazole rings is 1. The summed E-state index contributed by atoms with van der Waals surface area (Å²) in [6.45, 7) is 5.99. The molecule has 0 saturated carbocycles. The van der Waals surface area contributed by atoms with Crippen molar-refractivity contribution in [2.24, 2.45) is 12.2 Å². The molecule has 2 aromatic carbocycles. The Kier molecular flexibility index (Phi) is 4.77. The van der Waals surface area contributed by atoms with E-state index < -0.39 is 11.2 Å². The van der Waals surface area contributed by atoms with Gasteiger partial charge in [-0.15, -0.1) is 0 Å². The van der Waals surface area contributed by atoms with Crippen molar-refractivity contribution < 1.29 is 5.21 Å². The van der Waals surface area contributed by atoms with Gasteiger partial charge in [-0.3, -0.25) is 13.9 Å². The number of nitrogens with zero attached hydrogens (tertiary/aromatic N) is 5. The molecule has 2 heterocycles. The van der Waals surface area contributed by atoms with Crippen molar-refractivity contribution >= 4 is 27.6 Å². The summed E-state index contributed by atoms with van der Waals surface area (Å²) < 4.78 is 4.27. The first kappa shape index (κ1) is 19.6. The fourth-order valence-electron chi connectivity index (χ4n) is 3.93. The van der Waals surface area contributed by atoms with Gasteiger partial charge in [0.05, 0.1) is 6.54 Å². The molecule has 0 aliphatic heterocycles. The van der Waals surface area contributed by atoms with Crippen LogP contribution in [0.4, 0.5) is 0 Å². The molecule has 0 spiro atoms. The van der Waals surface area contributed by atoms with E-state index >= 15 is 0 Å². The second kappa shape index (κ2) is 7.29. The molecular weight excluding hydrogens is 382 g/mol. The summed E-state index contributed by atoms with van der Waals surface area (Å²) >= 11 is 0. The van der Waals surface area contributed by atoms with Gasteiger partial charge in [-0.2, -0.15) is 0 Å². The SMILES string of the molecule is CCn1c(=O)n(Cc2ccc3c(C)cccc3c2)c(=O)c2c1nc(/C(C)=N\O)n2C. The third kappa shape index (κ3) is 2.92. The average Bonchev–Trinajstić information content (AvgIpc) is 3.08. The maximum absolute atomic E-state index is 13.3. The molecule has 0 radical (unpaired) electrons. The Labute approximate surface area is 172 Å². The maximum Gasteiger partial charge on any atom is 0.333 e. The second-order valence-electron chi connectivity index (χ2n) is 7.40. The second-order valence-corrected chi connectivity index (χ2v) is 7.40. The average molecular weight is 405 g/mol. The van der Waals surface area contributed by atoms with Gasteiger partial charge in [0.15, 0.2) is 17.0 Å². The lowest BCUT2D eigenvalue weighted by Gasteiger charge is -2.11. The number of fused-ring (bicyclic) bond motifs is 2. The first-order chi connectivity index (χ1) is 14.4. The summed E-state index contributed by atoms with van der Waals surface area (Å²) in [6, 6.07) is 12.0. The predicted molar refractivity (Wildman–Crippen MR) is 117 cm³/mol. The van der Waals surface area contributed by atoms with Gasteiger partial charge in [-0.25, -0.2) is 9.78 Å². The van der Waals surface area contributed by atoms with Gasteiger partial charge in [-0.05, 0) is 48.7 Å². The monoisotopic (exact) mass is 405 g/mol. The normalized spacial score (nSPS) is 12.2. The Morgan fingerprint density at radius 2 is 1.93 bits per heavy atom. The molecule has 0 bridgehead atoms. The lowest BCUT2D eigenvalue weighted by molar-refractivity contribution is 0.318. The van der Waals surface area contributed by atoms with Gasteiger partial charge >= 0.3 is 5.69 Å². The fraction of sp³-hybridized carbons (Fsp3) is 0.273. The highest BCUT2D eigenvalue weighted by atomic mass is 16.4. The number of hydrogen-bond acceptors (Lipinski definition) is 5. The number of hydrogen-bond donors (Lipinski definition) is 1. The standard InChI is InChI=1S/C22H23N5O3/c1-5-26-20-18(25(4)19(23-20)14(3)24-30)21(28)27(22(26)29)12-15-9-10-17-13(2)7-6-8-16(17)11-15/h6-11,30H,5,12H2,1-4H3/b24-14-. The van der Waals surface area contributed by atoms with E-state index in [9.17, 15) is 9.59 Å². The van der Waals surface area contributed by atoms with Crippen molar-refractivity contribution in [1.29, 1.82) is 0 Å². The number of rotatable bonds is 4. The van der Waals surface area contributed by atoms with Crippen molar-refractivity contribution in [1.82, 2.24) is 18.7 Å². The topological polar surface area (TPSA) is 94.4 Å². The first-order valence-electron chi connectivity index (χ1n) is 9.74. The molecule has 0 fully saturated rings. The van der Waals surface area contributed by atoms with Gasteiger partial charge in [0.25, 0.3) is 5.56 Å². The quantitative estimate of drug-likeness (QED) is 0.321. The van der Waals surface area contributed by atoms with Gasteiger partial charge in [0, 0.05) is 13.6 Å².